The van der Waals surface area contributed by atoms with E-state index in [9.17, 15) is 13.0 Å². The largest absolute Gasteiger partial charge is 0.586 e. The van der Waals surface area contributed by atoms with Crippen LogP contribution in [-0.4, -0.2) is 32.6 Å². The van der Waals surface area contributed by atoms with E-state index in [2.05, 4.69) is 24.4 Å². The number of methoxy groups -OCH3 is 1. The van der Waals surface area contributed by atoms with Crippen molar-refractivity contribution in [3.63, 3.8) is 0 Å². The van der Waals surface area contributed by atoms with Crippen LogP contribution in [0.25, 0.3) is 11.0 Å². The predicted molar refractivity (Wildman–Crippen MR) is 114 cm³/mol. The third kappa shape index (κ3) is 4.44. The Balaban J connectivity index is 1.31. The summed E-state index contributed by atoms with van der Waals surface area (Å²) in [7, 11) is -0.0736. The minimum atomic E-state index is -3.71. The predicted octanol–water partition coefficient (Wildman–Crippen LogP) is 4.17. The highest BCUT2D eigenvalue weighted by Gasteiger charge is 2.43. The maximum atomic E-state index is 13.2. The van der Waals surface area contributed by atoms with Crippen molar-refractivity contribution in [2.75, 3.05) is 7.11 Å². The van der Waals surface area contributed by atoms with Crippen LogP contribution >= 0.6 is 0 Å². The van der Waals surface area contributed by atoms with Crippen LogP contribution in [0.4, 0.5) is 8.78 Å². The van der Waals surface area contributed by atoms with Gasteiger partial charge >= 0.3 is 6.29 Å². The van der Waals surface area contributed by atoms with Crippen LogP contribution in [-0.2, 0) is 23.2 Å². The topological polar surface area (TPSA) is 95.6 Å². The molecule has 1 unspecified atom stereocenters. The summed E-state index contributed by atoms with van der Waals surface area (Å²) in [6.45, 7) is 0.354. The molecule has 1 atom stereocenters. The summed E-state index contributed by atoms with van der Waals surface area (Å²) in [6.07, 6.45) is -2.19. The Bertz CT molecular complexity index is 1300. The first-order valence-corrected chi connectivity index (χ1v) is 11.1. The molecule has 1 N–H and O–H groups in total. The molecule has 0 saturated carbocycles. The zero-order chi connectivity index (χ0) is 23.0. The summed E-state index contributed by atoms with van der Waals surface area (Å²) in [5, 5.41) is 0.172. The SMILES string of the molecule is COc1cc(CS(=O)c2nc3cc4c(cc3[nH]2)OC(F)(F)O4)ncc1OCc1ccccc1. The number of pyridine rings is 1. The van der Waals surface area contributed by atoms with Gasteiger partial charge in [0.1, 0.15) is 6.61 Å². The zero-order valence-corrected chi connectivity index (χ0v) is 18.0. The molecule has 3 heterocycles. The van der Waals surface area contributed by atoms with Crippen LogP contribution in [0.1, 0.15) is 11.3 Å². The van der Waals surface area contributed by atoms with E-state index in [0.717, 1.165) is 5.56 Å². The highest BCUT2D eigenvalue weighted by atomic mass is 32.2. The third-order valence-corrected chi connectivity index (χ3v) is 6.01. The zero-order valence-electron chi connectivity index (χ0n) is 17.2. The van der Waals surface area contributed by atoms with Gasteiger partial charge in [0.05, 0.1) is 46.6 Å². The van der Waals surface area contributed by atoms with Crippen molar-refractivity contribution < 1.29 is 31.9 Å². The first kappa shape index (κ1) is 21.1. The molecule has 0 saturated heterocycles. The number of rotatable bonds is 7. The van der Waals surface area contributed by atoms with E-state index < -0.39 is 17.1 Å². The molecule has 0 spiro atoms. The molecule has 11 heteroatoms. The van der Waals surface area contributed by atoms with E-state index in [4.69, 9.17) is 9.47 Å². The number of fused-ring (bicyclic) bond motifs is 2. The number of halogens is 2. The molecule has 4 aromatic rings. The van der Waals surface area contributed by atoms with E-state index >= 15 is 0 Å². The fraction of sp³-hybridized carbons (Fsp3) is 0.182. The second-order valence-corrected chi connectivity index (χ2v) is 8.48. The number of nitrogens with one attached hydrogen (secondary N) is 1. The van der Waals surface area contributed by atoms with E-state index in [1.54, 1.807) is 6.07 Å². The summed E-state index contributed by atoms with van der Waals surface area (Å²) in [4.78, 5) is 11.4. The molecular formula is C22H17F2N3O5S. The second-order valence-electron chi connectivity index (χ2n) is 7.12. The number of aromatic amines is 1. The Morgan fingerprint density at radius 3 is 2.61 bits per heavy atom. The Hall–Kier alpha value is -3.73. The van der Waals surface area contributed by atoms with Crippen LogP contribution in [0.5, 0.6) is 23.0 Å². The summed E-state index contributed by atoms with van der Waals surface area (Å²) >= 11 is 0. The van der Waals surface area contributed by atoms with Gasteiger partial charge in [0.2, 0.25) is 0 Å². The number of ether oxygens (including phenoxy) is 4. The molecule has 5 rings (SSSR count). The standard InChI is InChI=1S/C22H17F2N3O5S/c1-29-17-7-14(25-10-20(17)30-11-13-5-3-2-4-6-13)12-33(28)21-26-15-8-18-19(9-16(15)27-21)32-22(23,24)31-18/h2-10H,11-12H2,1H3,(H,26,27). The molecule has 0 amide bonds. The number of H-pyrrole nitrogens is 1. The Morgan fingerprint density at radius 1 is 1.09 bits per heavy atom. The molecule has 8 nitrogen and oxygen atoms in total. The number of alkyl halides is 2. The third-order valence-electron chi connectivity index (χ3n) is 4.82. The molecule has 2 aromatic heterocycles. The van der Waals surface area contributed by atoms with Gasteiger partial charge in [0.15, 0.2) is 28.2 Å². The average molecular weight is 473 g/mol. The van der Waals surface area contributed by atoms with E-state index in [-0.39, 0.29) is 22.4 Å². The van der Waals surface area contributed by atoms with Crippen molar-refractivity contribution in [3.8, 4) is 23.0 Å². The molecule has 33 heavy (non-hydrogen) atoms. The van der Waals surface area contributed by atoms with Gasteiger partial charge in [-0.15, -0.1) is 8.78 Å². The van der Waals surface area contributed by atoms with Crippen molar-refractivity contribution in [2.24, 2.45) is 0 Å². The second kappa shape index (κ2) is 8.32. The van der Waals surface area contributed by atoms with Crippen molar-refractivity contribution in [3.05, 3.63) is 66.0 Å². The molecule has 0 fully saturated rings. The lowest BCUT2D eigenvalue weighted by molar-refractivity contribution is -0.286. The molecule has 2 aromatic carbocycles. The average Bonchev–Trinajstić information content (AvgIpc) is 3.34. The highest BCUT2D eigenvalue weighted by Crippen LogP contribution is 2.42. The Kier molecular flexibility index (Phi) is 5.33. The van der Waals surface area contributed by atoms with Gasteiger partial charge in [-0.3, -0.25) is 9.19 Å². The van der Waals surface area contributed by atoms with Gasteiger partial charge < -0.3 is 23.9 Å². The van der Waals surface area contributed by atoms with Crippen LogP contribution in [0.3, 0.4) is 0 Å². The Morgan fingerprint density at radius 2 is 1.85 bits per heavy atom. The summed E-state index contributed by atoms with van der Waals surface area (Å²) in [5.74, 6) is 0.731. The number of nitrogens with zero attached hydrogens (tertiary/aromatic N) is 2. The van der Waals surface area contributed by atoms with E-state index in [0.29, 0.717) is 34.8 Å². The minimum Gasteiger partial charge on any atom is -0.493 e. The number of hydrogen-bond acceptors (Lipinski definition) is 7. The van der Waals surface area contributed by atoms with Gasteiger partial charge in [-0.25, -0.2) is 4.98 Å². The minimum absolute atomic E-state index is 0.0555. The first-order valence-electron chi connectivity index (χ1n) is 9.78. The van der Waals surface area contributed by atoms with Crippen molar-refractivity contribution in [1.29, 1.82) is 0 Å². The van der Waals surface area contributed by atoms with Crippen molar-refractivity contribution in [1.82, 2.24) is 15.0 Å². The number of benzene rings is 2. The quantitative estimate of drug-likeness (QED) is 0.430. The number of hydrogen-bond donors (Lipinski definition) is 1. The summed E-state index contributed by atoms with van der Waals surface area (Å²) in [6, 6.07) is 14.0. The lowest BCUT2D eigenvalue weighted by Crippen LogP contribution is -2.25. The fourth-order valence-electron chi connectivity index (χ4n) is 3.29. The molecule has 0 bridgehead atoms. The van der Waals surface area contributed by atoms with Crippen LogP contribution in [0.15, 0.2) is 59.9 Å². The van der Waals surface area contributed by atoms with Crippen LogP contribution in [0.2, 0.25) is 0 Å². The molecule has 0 aliphatic carbocycles. The molecular weight excluding hydrogens is 456 g/mol. The fourth-order valence-corrected chi connectivity index (χ4v) is 4.28. The summed E-state index contributed by atoms with van der Waals surface area (Å²) in [5.41, 5.74) is 2.23. The van der Waals surface area contributed by atoms with E-state index in [1.165, 1.54) is 25.4 Å². The molecule has 1 aliphatic rings. The van der Waals surface area contributed by atoms with Crippen LogP contribution < -0.4 is 18.9 Å². The number of imidazole rings is 1. The number of aromatic nitrogens is 3. The van der Waals surface area contributed by atoms with Crippen molar-refractivity contribution in [2.45, 2.75) is 23.8 Å². The van der Waals surface area contributed by atoms with Gasteiger partial charge in [-0.1, -0.05) is 30.3 Å². The van der Waals surface area contributed by atoms with Gasteiger partial charge in [-0.05, 0) is 5.56 Å². The monoisotopic (exact) mass is 473 g/mol. The van der Waals surface area contributed by atoms with E-state index in [1.807, 2.05) is 30.3 Å². The Labute approximate surface area is 188 Å². The highest BCUT2D eigenvalue weighted by molar-refractivity contribution is 7.84. The van der Waals surface area contributed by atoms with Gasteiger partial charge in [0.25, 0.3) is 0 Å². The molecule has 1 aliphatic heterocycles. The smallest absolute Gasteiger partial charge is 0.493 e. The van der Waals surface area contributed by atoms with Crippen molar-refractivity contribution >= 4 is 21.8 Å². The normalized spacial score (nSPS) is 14.9. The van der Waals surface area contributed by atoms with Gasteiger partial charge in [-0.2, -0.15) is 0 Å². The lowest BCUT2D eigenvalue weighted by Gasteiger charge is -2.11. The lowest BCUT2D eigenvalue weighted by atomic mass is 10.2. The summed E-state index contributed by atoms with van der Waals surface area (Å²) < 4.78 is 59.4. The van der Waals surface area contributed by atoms with Crippen LogP contribution in [0, 0.1) is 0 Å². The van der Waals surface area contributed by atoms with Gasteiger partial charge in [0, 0.05) is 18.2 Å². The maximum Gasteiger partial charge on any atom is 0.586 e. The first-order chi connectivity index (χ1) is 15.9. The molecule has 170 valence electrons. The maximum absolute atomic E-state index is 13.2. The molecule has 0 radical (unpaired) electrons.